The number of fused-ring (bicyclic) bond motifs is 2. The Morgan fingerprint density at radius 1 is 1.05 bits per heavy atom. The van der Waals surface area contributed by atoms with E-state index >= 15 is 0 Å². The number of hydrogen-bond acceptors (Lipinski definition) is 2. The predicted molar refractivity (Wildman–Crippen MR) is 90.4 cm³/mol. The molecule has 3 N–H and O–H groups in total. The third-order valence-electron chi connectivity index (χ3n) is 3.29. The van der Waals surface area contributed by atoms with Crippen LogP contribution in [0.5, 0.6) is 0 Å². The zero-order chi connectivity index (χ0) is 13.5. The quantitative estimate of drug-likeness (QED) is 0.456. The van der Waals surface area contributed by atoms with E-state index in [2.05, 4.69) is 61.1 Å². The zero-order valence-corrected chi connectivity index (χ0v) is 12.6. The number of rotatable bonds is 2. The van der Waals surface area contributed by atoms with Crippen molar-refractivity contribution in [3.63, 3.8) is 0 Å². The van der Waals surface area contributed by atoms with Gasteiger partial charge in [-0.3, -0.25) is 0 Å². The summed E-state index contributed by atoms with van der Waals surface area (Å²) in [6.45, 7) is 0. The van der Waals surface area contributed by atoms with Gasteiger partial charge in [0, 0.05) is 20.7 Å². The molecule has 4 rings (SSSR count). The molecule has 2 aromatic carbocycles. The van der Waals surface area contributed by atoms with E-state index in [-0.39, 0.29) is 0 Å². The van der Waals surface area contributed by atoms with Crippen molar-refractivity contribution >= 4 is 56.2 Å². The summed E-state index contributed by atoms with van der Waals surface area (Å²) in [6, 6.07) is 14.3. The first-order valence-electron chi connectivity index (χ1n) is 6.28. The lowest BCUT2D eigenvalue weighted by Crippen LogP contribution is -1.90. The summed E-state index contributed by atoms with van der Waals surface area (Å²) in [7, 11) is 0. The summed E-state index contributed by atoms with van der Waals surface area (Å²) in [5.74, 6) is 0.756. The molecular formula is C15H11IN4. The molecule has 0 bridgehead atoms. The second-order valence-electron chi connectivity index (χ2n) is 4.62. The molecule has 0 aliphatic rings. The summed E-state index contributed by atoms with van der Waals surface area (Å²) in [5.41, 5.74) is 4.13. The average Bonchev–Trinajstić information content (AvgIpc) is 3.03. The molecule has 0 amide bonds. The number of anilines is 2. The highest BCUT2D eigenvalue weighted by molar-refractivity contribution is 14.1. The van der Waals surface area contributed by atoms with E-state index in [0.717, 1.165) is 33.6 Å². The van der Waals surface area contributed by atoms with Crippen molar-refractivity contribution in [3.8, 4) is 0 Å². The summed E-state index contributed by atoms with van der Waals surface area (Å²) < 4.78 is 1.21. The van der Waals surface area contributed by atoms with Crippen molar-refractivity contribution in [2.24, 2.45) is 0 Å². The van der Waals surface area contributed by atoms with Gasteiger partial charge in [0.2, 0.25) is 5.95 Å². The first kappa shape index (κ1) is 11.8. The highest BCUT2D eigenvalue weighted by Gasteiger charge is 2.07. The van der Waals surface area contributed by atoms with E-state index < -0.39 is 0 Å². The standard InChI is InChI=1S/C15H11IN4/c16-9-5-6-11-10(7-9)14(8-17-11)20-15-18-12-3-1-2-4-13(12)19-15/h1-8,17H,(H2,18,19,20). The van der Waals surface area contributed by atoms with Crippen molar-refractivity contribution in [2.45, 2.75) is 0 Å². The third-order valence-corrected chi connectivity index (χ3v) is 3.96. The topological polar surface area (TPSA) is 56.5 Å². The highest BCUT2D eigenvalue weighted by atomic mass is 127. The molecule has 2 aromatic heterocycles. The van der Waals surface area contributed by atoms with Crippen molar-refractivity contribution in [2.75, 3.05) is 5.32 Å². The number of H-pyrrole nitrogens is 2. The zero-order valence-electron chi connectivity index (χ0n) is 10.4. The largest absolute Gasteiger partial charge is 0.359 e. The van der Waals surface area contributed by atoms with Gasteiger partial charge in [-0.25, -0.2) is 4.98 Å². The first-order valence-corrected chi connectivity index (χ1v) is 7.36. The van der Waals surface area contributed by atoms with Crippen LogP contribution in [-0.4, -0.2) is 15.0 Å². The van der Waals surface area contributed by atoms with Gasteiger partial charge in [-0.1, -0.05) is 12.1 Å². The third kappa shape index (κ3) is 1.94. The Kier molecular flexibility index (Phi) is 2.66. The van der Waals surface area contributed by atoms with Crippen LogP contribution in [0.15, 0.2) is 48.7 Å². The van der Waals surface area contributed by atoms with Crippen LogP contribution in [0.1, 0.15) is 0 Å². The van der Waals surface area contributed by atoms with Crippen LogP contribution in [0.3, 0.4) is 0 Å². The van der Waals surface area contributed by atoms with Crippen LogP contribution in [-0.2, 0) is 0 Å². The molecule has 20 heavy (non-hydrogen) atoms. The normalized spacial score (nSPS) is 11.2. The van der Waals surface area contributed by atoms with E-state index in [9.17, 15) is 0 Å². The van der Waals surface area contributed by atoms with E-state index in [0.29, 0.717) is 0 Å². The van der Waals surface area contributed by atoms with Crippen LogP contribution in [0.4, 0.5) is 11.6 Å². The predicted octanol–water partition coefficient (Wildman–Crippen LogP) is 4.39. The Morgan fingerprint density at radius 2 is 1.95 bits per heavy atom. The molecule has 0 radical (unpaired) electrons. The summed E-state index contributed by atoms with van der Waals surface area (Å²) >= 11 is 2.32. The van der Waals surface area contributed by atoms with E-state index in [1.807, 2.05) is 30.5 Å². The Morgan fingerprint density at radius 3 is 2.85 bits per heavy atom. The van der Waals surface area contributed by atoms with Gasteiger partial charge in [-0.15, -0.1) is 0 Å². The van der Waals surface area contributed by atoms with Crippen molar-refractivity contribution < 1.29 is 0 Å². The van der Waals surface area contributed by atoms with E-state index in [1.54, 1.807) is 0 Å². The second kappa shape index (κ2) is 4.52. The maximum absolute atomic E-state index is 4.53. The molecule has 0 saturated heterocycles. The Balaban J connectivity index is 1.78. The average molecular weight is 374 g/mol. The maximum Gasteiger partial charge on any atom is 0.205 e. The van der Waals surface area contributed by atoms with Crippen molar-refractivity contribution in [1.29, 1.82) is 0 Å². The number of aromatic amines is 2. The fourth-order valence-electron chi connectivity index (χ4n) is 2.34. The molecule has 98 valence electrons. The molecule has 4 nitrogen and oxygen atoms in total. The fraction of sp³-hybridized carbons (Fsp3) is 0. The van der Waals surface area contributed by atoms with Gasteiger partial charge in [-0.2, -0.15) is 0 Å². The maximum atomic E-state index is 4.53. The van der Waals surface area contributed by atoms with Gasteiger partial charge in [0.25, 0.3) is 0 Å². The fourth-order valence-corrected chi connectivity index (χ4v) is 2.83. The Bertz CT molecular complexity index is 873. The first-order chi connectivity index (χ1) is 9.79. The summed E-state index contributed by atoms with van der Waals surface area (Å²) in [6.07, 6.45) is 1.97. The van der Waals surface area contributed by atoms with Crippen molar-refractivity contribution in [3.05, 3.63) is 52.2 Å². The van der Waals surface area contributed by atoms with Gasteiger partial charge in [-0.05, 0) is 52.9 Å². The minimum atomic E-state index is 0.756. The molecular weight excluding hydrogens is 363 g/mol. The van der Waals surface area contributed by atoms with Gasteiger partial charge in [0.05, 0.1) is 16.7 Å². The second-order valence-corrected chi connectivity index (χ2v) is 5.87. The summed E-state index contributed by atoms with van der Waals surface area (Å²) in [5, 5.41) is 4.51. The Hall–Kier alpha value is -2.02. The van der Waals surface area contributed by atoms with Crippen LogP contribution in [0.2, 0.25) is 0 Å². The number of nitrogens with one attached hydrogen (secondary N) is 3. The van der Waals surface area contributed by atoms with E-state index in [4.69, 9.17) is 0 Å². The van der Waals surface area contributed by atoms with Crippen LogP contribution >= 0.6 is 22.6 Å². The minimum Gasteiger partial charge on any atom is -0.359 e. The number of aromatic nitrogens is 3. The van der Waals surface area contributed by atoms with Crippen LogP contribution in [0, 0.1) is 3.57 Å². The molecule has 0 atom stereocenters. The monoisotopic (exact) mass is 374 g/mol. The number of halogens is 1. The molecule has 0 aliphatic heterocycles. The minimum absolute atomic E-state index is 0.756. The molecule has 4 aromatic rings. The molecule has 0 spiro atoms. The molecule has 2 heterocycles. The smallest absolute Gasteiger partial charge is 0.205 e. The number of benzene rings is 2. The lowest BCUT2D eigenvalue weighted by molar-refractivity contribution is 1.31. The highest BCUT2D eigenvalue weighted by Crippen LogP contribution is 2.27. The van der Waals surface area contributed by atoms with Gasteiger partial charge < -0.3 is 15.3 Å². The molecule has 0 aliphatic carbocycles. The van der Waals surface area contributed by atoms with Crippen molar-refractivity contribution in [1.82, 2.24) is 15.0 Å². The number of hydrogen-bond donors (Lipinski definition) is 3. The van der Waals surface area contributed by atoms with Crippen LogP contribution in [0.25, 0.3) is 21.9 Å². The van der Waals surface area contributed by atoms with Gasteiger partial charge in [0.1, 0.15) is 0 Å². The van der Waals surface area contributed by atoms with Gasteiger partial charge >= 0.3 is 0 Å². The lowest BCUT2D eigenvalue weighted by atomic mass is 10.2. The SMILES string of the molecule is Ic1ccc2[nH]cc(Nc3nc4ccccc4[nH]3)c2c1. The number of para-hydroxylation sites is 2. The van der Waals surface area contributed by atoms with Gasteiger partial charge in [0.15, 0.2) is 0 Å². The van der Waals surface area contributed by atoms with E-state index in [1.165, 1.54) is 3.57 Å². The molecule has 0 saturated carbocycles. The number of imidazole rings is 1. The lowest BCUT2D eigenvalue weighted by Gasteiger charge is -2.00. The number of nitrogens with zero attached hydrogens (tertiary/aromatic N) is 1. The Labute approximate surface area is 128 Å². The molecule has 5 heteroatoms. The summed E-state index contributed by atoms with van der Waals surface area (Å²) in [4.78, 5) is 11.1. The van der Waals surface area contributed by atoms with Crippen LogP contribution < -0.4 is 5.32 Å². The molecule has 0 unspecified atom stereocenters. The molecule has 0 fully saturated rings.